The van der Waals surface area contributed by atoms with Gasteiger partial charge in [0.2, 0.25) is 6.43 Å². The summed E-state index contributed by atoms with van der Waals surface area (Å²) in [5.74, 6) is -2.68. The molecule has 0 heterocycles. The molecule has 0 saturated heterocycles. The highest BCUT2D eigenvalue weighted by Crippen LogP contribution is 2.44. The van der Waals surface area contributed by atoms with E-state index in [-0.39, 0.29) is 19.1 Å². The van der Waals surface area contributed by atoms with Crippen LogP contribution in [0.2, 0.25) is 0 Å². The molecule has 0 fully saturated rings. The summed E-state index contributed by atoms with van der Waals surface area (Å²) < 4.78 is 35.3. The van der Waals surface area contributed by atoms with E-state index in [1.807, 2.05) is 53.8 Å². The molecular weight excluding hydrogens is 438 g/mol. The number of alkyl carbamates (subject to hydrolysis) is 1. The van der Waals surface area contributed by atoms with Crippen molar-refractivity contribution < 1.29 is 37.7 Å². The highest BCUT2D eigenvalue weighted by Gasteiger charge is 2.30. The van der Waals surface area contributed by atoms with Gasteiger partial charge < -0.3 is 25.2 Å². The van der Waals surface area contributed by atoms with Gasteiger partial charge in [0.25, 0.3) is 5.91 Å². The second kappa shape index (κ2) is 10.9. The molecule has 0 bridgehead atoms. The SMILES string of the molecule is COC(CNC(=O)OCC1c2ccccc2-c2ccccc21)C(=O)NC(CC(F)F)C(=O)O. The third-order valence-corrected chi connectivity index (χ3v) is 5.38. The van der Waals surface area contributed by atoms with Crippen LogP contribution >= 0.6 is 0 Å². The van der Waals surface area contributed by atoms with E-state index in [0.29, 0.717) is 0 Å². The van der Waals surface area contributed by atoms with Crippen LogP contribution in [0.15, 0.2) is 48.5 Å². The van der Waals surface area contributed by atoms with Crippen LogP contribution in [0.25, 0.3) is 11.1 Å². The van der Waals surface area contributed by atoms with Gasteiger partial charge in [0.05, 0.1) is 6.54 Å². The topological polar surface area (TPSA) is 114 Å². The van der Waals surface area contributed by atoms with Crippen LogP contribution in [-0.2, 0) is 19.1 Å². The van der Waals surface area contributed by atoms with Crippen LogP contribution in [0, 0.1) is 0 Å². The minimum Gasteiger partial charge on any atom is -0.480 e. The second-order valence-corrected chi connectivity index (χ2v) is 7.46. The molecule has 2 aromatic rings. The molecule has 33 heavy (non-hydrogen) atoms. The van der Waals surface area contributed by atoms with Crippen molar-refractivity contribution in [3.05, 3.63) is 59.7 Å². The van der Waals surface area contributed by atoms with E-state index in [4.69, 9.17) is 14.6 Å². The van der Waals surface area contributed by atoms with Crippen LogP contribution in [0.5, 0.6) is 0 Å². The van der Waals surface area contributed by atoms with Crippen molar-refractivity contribution >= 4 is 18.0 Å². The Morgan fingerprint density at radius 1 is 1.03 bits per heavy atom. The van der Waals surface area contributed by atoms with Crippen molar-refractivity contribution in [3.8, 4) is 11.1 Å². The van der Waals surface area contributed by atoms with Gasteiger partial charge in [0, 0.05) is 19.4 Å². The molecule has 0 radical (unpaired) electrons. The van der Waals surface area contributed by atoms with Gasteiger partial charge in [-0.05, 0) is 22.3 Å². The first-order chi connectivity index (χ1) is 15.8. The van der Waals surface area contributed by atoms with Crippen LogP contribution in [0.1, 0.15) is 23.5 Å². The number of aliphatic carboxylic acids is 1. The van der Waals surface area contributed by atoms with Gasteiger partial charge in [-0.3, -0.25) is 4.79 Å². The first kappa shape index (κ1) is 24.1. The molecule has 10 heteroatoms. The molecule has 3 N–H and O–H groups in total. The van der Waals surface area contributed by atoms with E-state index >= 15 is 0 Å². The number of carboxylic acid groups (broad SMARTS) is 1. The Balaban J connectivity index is 1.55. The quantitative estimate of drug-likeness (QED) is 0.500. The monoisotopic (exact) mass is 462 g/mol. The largest absolute Gasteiger partial charge is 0.480 e. The van der Waals surface area contributed by atoms with Crippen molar-refractivity contribution in [2.24, 2.45) is 0 Å². The third-order valence-electron chi connectivity index (χ3n) is 5.38. The zero-order chi connectivity index (χ0) is 24.0. The molecule has 2 unspecified atom stereocenters. The molecule has 2 amide bonds. The summed E-state index contributed by atoms with van der Waals surface area (Å²) in [5.41, 5.74) is 4.24. The van der Waals surface area contributed by atoms with Crippen molar-refractivity contribution in [1.29, 1.82) is 0 Å². The minimum absolute atomic E-state index is 0.0686. The molecule has 2 atom stereocenters. The molecule has 1 aliphatic carbocycles. The minimum atomic E-state index is -2.91. The van der Waals surface area contributed by atoms with Gasteiger partial charge in [-0.2, -0.15) is 0 Å². The summed E-state index contributed by atoms with van der Waals surface area (Å²) in [7, 11) is 1.17. The molecule has 0 aliphatic heterocycles. The lowest BCUT2D eigenvalue weighted by Crippen LogP contribution is -2.50. The number of carboxylic acids is 1. The Morgan fingerprint density at radius 2 is 1.61 bits per heavy atom. The standard InChI is InChI=1S/C23H24F2N2O6/c1-32-19(21(28)27-18(22(29)30)10-20(24)25)11-26-23(31)33-12-17-15-8-4-2-6-13(15)14-7-3-5-9-16(14)17/h2-9,17-20H,10-12H2,1H3,(H,26,31)(H,27,28)(H,29,30). The van der Waals surface area contributed by atoms with E-state index in [1.165, 1.54) is 7.11 Å². The van der Waals surface area contributed by atoms with Crippen molar-refractivity contribution in [1.82, 2.24) is 10.6 Å². The van der Waals surface area contributed by atoms with E-state index in [0.717, 1.165) is 22.3 Å². The maximum Gasteiger partial charge on any atom is 0.407 e. The van der Waals surface area contributed by atoms with Gasteiger partial charge in [0.15, 0.2) is 6.10 Å². The number of hydrogen-bond acceptors (Lipinski definition) is 5. The number of ether oxygens (including phenoxy) is 2. The van der Waals surface area contributed by atoms with Crippen molar-refractivity contribution in [3.63, 3.8) is 0 Å². The number of rotatable bonds is 10. The third kappa shape index (κ3) is 5.83. The average molecular weight is 462 g/mol. The Kier molecular flexibility index (Phi) is 7.94. The summed E-state index contributed by atoms with van der Waals surface area (Å²) in [5, 5.41) is 13.4. The Hall–Kier alpha value is -3.53. The number of amides is 2. The number of carbonyl (C=O) groups excluding carboxylic acids is 2. The van der Waals surface area contributed by atoms with Crippen molar-refractivity contribution in [2.45, 2.75) is 30.9 Å². The normalized spacial score (nSPS) is 14.2. The van der Waals surface area contributed by atoms with E-state index < -0.39 is 43.0 Å². The van der Waals surface area contributed by atoms with Gasteiger partial charge in [0.1, 0.15) is 12.6 Å². The van der Waals surface area contributed by atoms with Gasteiger partial charge >= 0.3 is 12.1 Å². The number of benzene rings is 2. The number of alkyl halides is 2. The Labute approximate surface area is 188 Å². The van der Waals surface area contributed by atoms with Gasteiger partial charge in [-0.25, -0.2) is 18.4 Å². The Morgan fingerprint density at radius 3 is 2.12 bits per heavy atom. The fourth-order valence-electron chi connectivity index (χ4n) is 3.77. The summed E-state index contributed by atoms with van der Waals surface area (Å²) in [6.07, 6.45) is -6.04. The van der Waals surface area contributed by atoms with Crippen LogP contribution in [-0.4, -0.2) is 61.9 Å². The first-order valence-corrected chi connectivity index (χ1v) is 10.2. The highest BCUT2D eigenvalue weighted by atomic mass is 19.3. The molecule has 2 aromatic carbocycles. The van der Waals surface area contributed by atoms with E-state index in [1.54, 1.807) is 0 Å². The number of carbonyl (C=O) groups is 3. The lowest BCUT2D eigenvalue weighted by Gasteiger charge is -2.20. The van der Waals surface area contributed by atoms with Gasteiger partial charge in [-0.15, -0.1) is 0 Å². The van der Waals surface area contributed by atoms with Crippen LogP contribution in [0.3, 0.4) is 0 Å². The predicted octanol–water partition coefficient (Wildman–Crippen LogP) is 2.76. The van der Waals surface area contributed by atoms with Crippen LogP contribution < -0.4 is 10.6 Å². The second-order valence-electron chi connectivity index (χ2n) is 7.46. The van der Waals surface area contributed by atoms with Gasteiger partial charge in [-0.1, -0.05) is 48.5 Å². The Bertz CT molecular complexity index is 970. The fraction of sp³-hybridized carbons (Fsp3) is 0.348. The first-order valence-electron chi connectivity index (χ1n) is 10.2. The maximum atomic E-state index is 12.5. The molecule has 8 nitrogen and oxygen atoms in total. The molecule has 3 rings (SSSR count). The molecule has 176 valence electrons. The summed E-state index contributed by atoms with van der Waals surface area (Å²) in [4.78, 5) is 35.5. The number of fused-ring (bicyclic) bond motifs is 3. The summed E-state index contributed by atoms with van der Waals surface area (Å²) in [6.45, 7) is -0.265. The lowest BCUT2D eigenvalue weighted by molar-refractivity contribution is -0.145. The zero-order valence-corrected chi connectivity index (χ0v) is 17.8. The zero-order valence-electron chi connectivity index (χ0n) is 17.8. The van der Waals surface area contributed by atoms with E-state index in [2.05, 4.69) is 5.32 Å². The maximum absolute atomic E-state index is 12.5. The smallest absolute Gasteiger partial charge is 0.407 e. The highest BCUT2D eigenvalue weighted by molar-refractivity contribution is 5.87. The van der Waals surface area contributed by atoms with Crippen molar-refractivity contribution in [2.75, 3.05) is 20.3 Å². The molecule has 0 saturated carbocycles. The molecular formula is C23H24F2N2O6. The summed E-state index contributed by atoms with van der Waals surface area (Å²) in [6, 6.07) is 13.9. The van der Waals surface area contributed by atoms with Crippen LogP contribution in [0.4, 0.5) is 13.6 Å². The van der Waals surface area contributed by atoms with E-state index in [9.17, 15) is 23.2 Å². The lowest BCUT2D eigenvalue weighted by atomic mass is 9.98. The molecule has 0 spiro atoms. The number of methoxy groups -OCH3 is 1. The summed E-state index contributed by atoms with van der Waals surface area (Å²) >= 11 is 0. The molecule has 1 aliphatic rings. The average Bonchev–Trinajstić information content (AvgIpc) is 3.11. The predicted molar refractivity (Wildman–Crippen MR) is 114 cm³/mol. The molecule has 0 aromatic heterocycles. The fourth-order valence-corrected chi connectivity index (χ4v) is 3.77. The number of hydrogen-bond donors (Lipinski definition) is 3. The number of nitrogens with one attached hydrogen (secondary N) is 2. The number of halogens is 2.